The molecule has 0 radical (unpaired) electrons. The lowest BCUT2D eigenvalue weighted by molar-refractivity contribution is 0.358. The highest BCUT2D eigenvalue weighted by atomic mass is 19.1. The summed E-state index contributed by atoms with van der Waals surface area (Å²) in [4.78, 5) is 19.3. The number of amidine groups is 1. The van der Waals surface area contributed by atoms with Gasteiger partial charge in [0.15, 0.2) is 0 Å². The molecule has 7 nitrogen and oxygen atoms in total. The minimum absolute atomic E-state index is 0.310. The van der Waals surface area contributed by atoms with E-state index < -0.39 is 0 Å². The molecule has 6 rings (SSSR count). The Balaban J connectivity index is 1.53. The van der Waals surface area contributed by atoms with Crippen molar-refractivity contribution in [2.75, 3.05) is 31.9 Å². The fourth-order valence-electron chi connectivity index (χ4n) is 4.85. The van der Waals surface area contributed by atoms with Gasteiger partial charge >= 0.3 is 0 Å². The van der Waals surface area contributed by atoms with Gasteiger partial charge < -0.3 is 20.9 Å². The third kappa shape index (κ3) is 3.51. The molecule has 0 spiro atoms. The van der Waals surface area contributed by atoms with Crippen LogP contribution in [0.5, 0.6) is 0 Å². The monoisotopic (exact) mass is 455 g/mol. The number of nitrogen functional groups attached to an aromatic ring is 1. The van der Waals surface area contributed by atoms with Crippen molar-refractivity contribution in [3.8, 4) is 0 Å². The van der Waals surface area contributed by atoms with Crippen LogP contribution < -0.4 is 11.1 Å². The lowest BCUT2D eigenvalue weighted by Crippen LogP contribution is -2.47. The van der Waals surface area contributed by atoms with Crippen LogP contribution in [0.1, 0.15) is 35.4 Å². The Morgan fingerprint density at radius 2 is 2.00 bits per heavy atom. The van der Waals surface area contributed by atoms with E-state index in [4.69, 9.17) is 10.7 Å². The molecule has 34 heavy (non-hydrogen) atoms. The fourth-order valence-corrected chi connectivity index (χ4v) is 4.85. The van der Waals surface area contributed by atoms with Crippen LogP contribution >= 0.6 is 0 Å². The second-order valence-corrected chi connectivity index (χ2v) is 8.96. The molecule has 1 aliphatic heterocycles. The highest BCUT2D eigenvalue weighted by Crippen LogP contribution is 2.43. The Morgan fingerprint density at radius 3 is 2.79 bits per heavy atom. The molecule has 0 amide bonds. The summed E-state index contributed by atoms with van der Waals surface area (Å²) in [5, 5.41) is 4.99. The van der Waals surface area contributed by atoms with Gasteiger partial charge in [0.05, 0.1) is 23.1 Å². The molecule has 2 fully saturated rings. The van der Waals surface area contributed by atoms with Crippen molar-refractivity contribution in [3.05, 3.63) is 71.9 Å². The molecule has 8 heteroatoms. The van der Waals surface area contributed by atoms with E-state index in [-0.39, 0.29) is 5.82 Å². The summed E-state index contributed by atoms with van der Waals surface area (Å²) in [7, 11) is 0. The lowest BCUT2D eigenvalue weighted by Gasteiger charge is -2.32. The van der Waals surface area contributed by atoms with Gasteiger partial charge in [-0.15, -0.1) is 0 Å². The third-order valence-electron chi connectivity index (χ3n) is 6.69. The van der Waals surface area contributed by atoms with Crippen LogP contribution in [0.3, 0.4) is 0 Å². The van der Waals surface area contributed by atoms with E-state index in [1.54, 1.807) is 18.5 Å². The van der Waals surface area contributed by atoms with Crippen LogP contribution in [0, 0.1) is 5.82 Å². The highest BCUT2D eigenvalue weighted by molar-refractivity contribution is 6.12. The number of aromatic amines is 1. The first-order valence-electron chi connectivity index (χ1n) is 11.6. The first-order chi connectivity index (χ1) is 16.6. The second kappa shape index (κ2) is 8.22. The summed E-state index contributed by atoms with van der Waals surface area (Å²) >= 11 is 0. The van der Waals surface area contributed by atoms with Crippen LogP contribution in [0.4, 0.5) is 10.1 Å². The second-order valence-electron chi connectivity index (χ2n) is 8.96. The van der Waals surface area contributed by atoms with E-state index in [0.717, 1.165) is 72.3 Å². The van der Waals surface area contributed by atoms with E-state index in [1.807, 2.05) is 18.3 Å². The molecule has 172 valence electrons. The van der Waals surface area contributed by atoms with E-state index in [2.05, 4.69) is 31.7 Å². The average molecular weight is 456 g/mol. The number of rotatable bonds is 4. The van der Waals surface area contributed by atoms with E-state index >= 15 is 0 Å². The summed E-state index contributed by atoms with van der Waals surface area (Å²) in [5.41, 5.74) is 11.7. The van der Waals surface area contributed by atoms with Gasteiger partial charge in [-0.1, -0.05) is 18.7 Å². The quantitative estimate of drug-likeness (QED) is 0.319. The predicted octanol–water partition coefficient (Wildman–Crippen LogP) is 4.03. The summed E-state index contributed by atoms with van der Waals surface area (Å²) < 4.78 is 14.5. The Morgan fingerprint density at radius 1 is 1.18 bits per heavy atom. The molecule has 1 saturated heterocycles. The molecule has 1 aromatic carbocycles. The van der Waals surface area contributed by atoms with Gasteiger partial charge in [-0.2, -0.15) is 0 Å². The van der Waals surface area contributed by atoms with Crippen molar-refractivity contribution in [1.82, 2.24) is 25.2 Å². The maximum atomic E-state index is 14.5. The number of aromatic nitrogens is 3. The number of pyridine rings is 2. The van der Waals surface area contributed by atoms with Crippen molar-refractivity contribution < 1.29 is 4.39 Å². The Bertz CT molecular complexity index is 1440. The van der Waals surface area contributed by atoms with Crippen molar-refractivity contribution in [3.63, 3.8) is 0 Å². The van der Waals surface area contributed by atoms with E-state index in [1.165, 1.54) is 6.07 Å². The van der Waals surface area contributed by atoms with E-state index in [0.29, 0.717) is 28.5 Å². The molecule has 1 saturated carbocycles. The van der Waals surface area contributed by atoms with Gasteiger partial charge in [-0.25, -0.2) is 14.4 Å². The molecule has 4 N–H and O–H groups in total. The maximum Gasteiger partial charge on any atom is 0.147 e. The van der Waals surface area contributed by atoms with Gasteiger partial charge in [0.25, 0.3) is 0 Å². The third-order valence-corrected chi connectivity index (χ3v) is 6.69. The van der Waals surface area contributed by atoms with Crippen LogP contribution in [0.15, 0.2) is 54.4 Å². The molecule has 4 aromatic rings. The first kappa shape index (κ1) is 20.8. The first-order valence-corrected chi connectivity index (χ1v) is 11.6. The van der Waals surface area contributed by atoms with Crippen molar-refractivity contribution in [2.24, 2.45) is 4.99 Å². The van der Waals surface area contributed by atoms with Crippen LogP contribution in [0.2, 0.25) is 0 Å². The molecule has 0 bridgehead atoms. The number of piperazine rings is 1. The summed E-state index contributed by atoms with van der Waals surface area (Å²) in [5.74, 6) is 0.983. The number of fused-ring (bicyclic) bond motifs is 3. The van der Waals surface area contributed by atoms with Gasteiger partial charge in [-0.05, 0) is 36.5 Å². The van der Waals surface area contributed by atoms with Gasteiger partial charge in [0.2, 0.25) is 0 Å². The van der Waals surface area contributed by atoms with Gasteiger partial charge in [-0.3, -0.25) is 4.98 Å². The number of nitrogens with zero attached hydrogens (tertiary/aromatic N) is 4. The molecular formula is C26H26FN7. The summed E-state index contributed by atoms with van der Waals surface area (Å²) in [6.45, 7) is 7.73. The standard InChI is InChI=1S/C26H26FN7/c1-15(17-7-8-31-25-22(17)18-3-2-4-20(27)24(18)33-25)32-26(34-11-9-29-10-12-34)23-19(16-5-6-16)13-30-14-21(23)28/h2-4,7-8,13-14,16,29H,1,5-6,9-12,28H2,(H,31,33)/b32-26+. The fraction of sp³-hybridized carbons (Fsp3) is 0.269. The number of hydrogen-bond acceptors (Lipinski definition) is 5. The minimum Gasteiger partial charge on any atom is -0.397 e. The van der Waals surface area contributed by atoms with Crippen LogP contribution in [-0.2, 0) is 0 Å². The summed E-state index contributed by atoms with van der Waals surface area (Å²) in [6, 6.07) is 6.93. The molecular weight excluding hydrogens is 429 g/mol. The molecule has 0 atom stereocenters. The number of hydrogen-bond donors (Lipinski definition) is 3. The summed E-state index contributed by atoms with van der Waals surface area (Å²) in [6.07, 6.45) is 7.61. The lowest BCUT2D eigenvalue weighted by atomic mass is 10.0. The number of halogens is 1. The number of anilines is 1. The van der Waals surface area contributed by atoms with E-state index in [9.17, 15) is 4.39 Å². The number of nitrogens with one attached hydrogen (secondary N) is 2. The number of para-hydroxylation sites is 1. The molecule has 3 aromatic heterocycles. The van der Waals surface area contributed by atoms with Crippen LogP contribution in [-0.4, -0.2) is 51.9 Å². The average Bonchev–Trinajstić information content (AvgIpc) is 3.63. The Kier molecular flexibility index (Phi) is 5.03. The largest absolute Gasteiger partial charge is 0.397 e. The zero-order valence-corrected chi connectivity index (χ0v) is 18.8. The zero-order chi connectivity index (χ0) is 23.2. The maximum absolute atomic E-state index is 14.5. The SMILES string of the molecule is C=C(/N=C(\c1c(N)cncc1C1CC1)N1CCNCC1)c1ccnc2[nH]c3c(F)cccc3c12. The van der Waals surface area contributed by atoms with Gasteiger partial charge in [0.1, 0.15) is 17.3 Å². The predicted molar refractivity (Wildman–Crippen MR) is 134 cm³/mol. The number of nitrogens with two attached hydrogens (primary N) is 1. The van der Waals surface area contributed by atoms with Crippen molar-refractivity contribution >= 4 is 39.2 Å². The van der Waals surface area contributed by atoms with Crippen molar-refractivity contribution in [1.29, 1.82) is 0 Å². The smallest absolute Gasteiger partial charge is 0.147 e. The minimum atomic E-state index is -0.310. The normalized spacial score (nSPS) is 17.0. The molecule has 0 unspecified atom stereocenters. The topological polar surface area (TPSA) is 95.2 Å². The van der Waals surface area contributed by atoms with Gasteiger partial charge in [0, 0.05) is 60.5 Å². The number of H-pyrrole nitrogens is 1. The number of benzene rings is 1. The Labute approximate surface area is 196 Å². The number of aliphatic imine (C=N–C) groups is 1. The molecule has 1 aliphatic carbocycles. The molecule has 4 heterocycles. The molecule has 2 aliphatic rings. The Hall–Kier alpha value is -3.78. The zero-order valence-electron chi connectivity index (χ0n) is 18.8. The van der Waals surface area contributed by atoms with Crippen LogP contribution in [0.25, 0.3) is 27.6 Å². The highest BCUT2D eigenvalue weighted by Gasteiger charge is 2.31. The van der Waals surface area contributed by atoms with Crippen molar-refractivity contribution in [2.45, 2.75) is 18.8 Å².